The highest BCUT2D eigenvalue weighted by atomic mass is 79.9. The minimum Gasteiger partial charge on any atom is -0.490 e. The van der Waals surface area contributed by atoms with Crippen LogP contribution in [0.4, 0.5) is 24.5 Å². The van der Waals surface area contributed by atoms with Gasteiger partial charge in [0, 0.05) is 16.1 Å². The Morgan fingerprint density at radius 1 is 1.30 bits per heavy atom. The van der Waals surface area contributed by atoms with Crippen LogP contribution in [0.1, 0.15) is 18.1 Å². The fraction of sp³-hybridized carbons (Fsp3) is 0.211. The zero-order valence-corrected chi connectivity index (χ0v) is 17.1. The van der Waals surface area contributed by atoms with Gasteiger partial charge in [0.1, 0.15) is 12.3 Å². The number of benzene rings is 2. The van der Waals surface area contributed by atoms with E-state index >= 15 is 0 Å². The lowest BCUT2D eigenvalue weighted by Gasteiger charge is -2.12. The van der Waals surface area contributed by atoms with E-state index in [1.807, 2.05) is 0 Å². The van der Waals surface area contributed by atoms with Crippen molar-refractivity contribution in [3.8, 4) is 23.8 Å². The van der Waals surface area contributed by atoms with Crippen LogP contribution in [0.3, 0.4) is 0 Å². The van der Waals surface area contributed by atoms with E-state index < -0.39 is 22.4 Å². The third kappa shape index (κ3) is 5.87. The van der Waals surface area contributed by atoms with Crippen LogP contribution in [0.5, 0.6) is 11.5 Å². The van der Waals surface area contributed by atoms with Crippen molar-refractivity contribution in [2.45, 2.75) is 13.1 Å². The second-order valence-corrected chi connectivity index (χ2v) is 6.46. The second-order valence-electron chi connectivity index (χ2n) is 5.60. The number of hydrazone groups is 1. The van der Waals surface area contributed by atoms with Crippen LogP contribution >= 0.6 is 15.9 Å². The van der Waals surface area contributed by atoms with E-state index in [9.17, 15) is 23.3 Å². The van der Waals surface area contributed by atoms with Gasteiger partial charge in [-0.25, -0.2) is 0 Å². The van der Waals surface area contributed by atoms with Crippen molar-refractivity contribution in [2.75, 3.05) is 18.6 Å². The maximum Gasteiger partial charge on any atom is 0.416 e. The number of nitrogens with zero attached hydrogens (tertiary/aromatic N) is 2. The van der Waals surface area contributed by atoms with Gasteiger partial charge in [-0.15, -0.1) is 6.42 Å². The Bertz CT molecular complexity index is 1000. The number of terminal acetylenes is 1. The van der Waals surface area contributed by atoms with Gasteiger partial charge in [-0.1, -0.05) is 5.92 Å². The summed E-state index contributed by atoms with van der Waals surface area (Å²) in [7, 11) is 0. The molecule has 0 bridgehead atoms. The van der Waals surface area contributed by atoms with Crippen molar-refractivity contribution >= 4 is 33.5 Å². The number of ether oxygens (including phenoxy) is 2. The van der Waals surface area contributed by atoms with Crippen molar-refractivity contribution in [1.29, 1.82) is 0 Å². The lowest BCUT2D eigenvalue weighted by Crippen LogP contribution is -2.06. The summed E-state index contributed by atoms with van der Waals surface area (Å²) in [5, 5.41) is 15.0. The van der Waals surface area contributed by atoms with Crippen LogP contribution < -0.4 is 14.9 Å². The molecule has 0 aromatic heterocycles. The molecule has 7 nitrogen and oxygen atoms in total. The Labute approximate surface area is 178 Å². The fourth-order valence-electron chi connectivity index (χ4n) is 2.28. The number of anilines is 1. The molecule has 2 aromatic carbocycles. The summed E-state index contributed by atoms with van der Waals surface area (Å²) < 4.78 is 49.8. The summed E-state index contributed by atoms with van der Waals surface area (Å²) in [5.74, 6) is 3.15. The molecule has 11 heteroatoms. The fourth-order valence-corrected chi connectivity index (χ4v) is 2.70. The normalized spacial score (nSPS) is 11.2. The Kier molecular flexibility index (Phi) is 7.66. The minimum atomic E-state index is -4.70. The quantitative estimate of drug-likeness (QED) is 0.239. The first-order chi connectivity index (χ1) is 14.2. The molecule has 0 atom stereocenters. The summed E-state index contributed by atoms with van der Waals surface area (Å²) in [6.45, 7) is 2.19. The lowest BCUT2D eigenvalue weighted by molar-refractivity contribution is -0.384. The molecule has 30 heavy (non-hydrogen) atoms. The van der Waals surface area contributed by atoms with Gasteiger partial charge in [0.05, 0.1) is 23.3 Å². The van der Waals surface area contributed by atoms with Crippen molar-refractivity contribution in [3.63, 3.8) is 0 Å². The van der Waals surface area contributed by atoms with E-state index in [-0.39, 0.29) is 12.3 Å². The number of hydrogen-bond acceptors (Lipinski definition) is 6. The minimum absolute atomic E-state index is 0.0408. The molecule has 0 aliphatic carbocycles. The van der Waals surface area contributed by atoms with Crippen molar-refractivity contribution in [2.24, 2.45) is 5.10 Å². The molecule has 0 fully saturated rings. The highest BCUT2D eigenvalue weighted by Crippen LogP contribution is 2.35. The molecule has 0 radical (unpaired) electrons. The van der Waals surface area contributed by atoms with Gasteiger partial charge in [-0.2, -0.15) is 18.3 Å². The average Bonchev–Trinajstić information content (AvgIpc) is 2.68. The molecule has 0 unspecified atom stereocenters. The van der Waals surface area contributed by atoms with E-state index in [0.29, 0.717) is 34.2 Å². The van der Waals surface area contributed by atoms with Gasteiger partial charge in [0.15, 0.2) is 11.5 Å². The predicted molar refractivity (Wildman–Crippen MR) is 109 cm³/mol. The van der Waals surface area contributed by atoms with Crippen LogP contribution in [-0.4, -0.2) is 24.4 Å². The molecule has 2 aromatic rings. The van der Waals surface area contributed by atoms with Gasteiger partial charge < -0.3 is 9.47 Å². The number of halogens is 4. The summed E-state index contributed by atoms with van der Waals surface area (Å²) in [5.41, 5.74) is 0.832. The molecule has 0 heterocycles. The summed E-state index contributed by atoms with van der Waals surface area (Å²) in [6, 6.07) is 5.33. The maximum atomic E-state index is 12.8. The Morgan fingerprint density at radius 3 is 2.60 bits per heavy atom. The standard InChI is InChI=1S/C19H15BrF3N3O4/c1-3-7-30-18-10-14(20)12(8-17(18)29-4-2)11-24-25-15-6-5-13(19(21,22)23)9-16(15)26(27)28/h1,5-6,8-11,25H,4,7H2,2H3/b24-11-. The number of nitro benzene ring substituents is 1. The summed E-state index contributed by atoms with van der Waals surface area (Å²) in [4.78, 5) is 10.2. The van der Waals surface area contributed by atoms with E-state index in [1.54, 1.807) is 19.1 Å². The van der Waals surface area contributed by atoms with Crippen LogP contribution in [0, 0.1) is 22.5 Å². The Morgan fingerprint density at radius 2 is 2.00 bits per heavy atom. The monoisotopic (exact) mass is 485 g/mol. The van der Waals surface area contributed by atoms with Crippen molar-refractivity contribution < 1.29 is 27.6 Å². The largest absolute Gasteiger partial charge is 0.490 e. The molecule has 1 N–H and O–H groups in total. The predicted octanol–water partition coefficient (Wildman–Crippen LogP) is 5.23. The summed E-state index contributed by atoms with van der Waals surface area (Å²) >= 11 is 3.34. The summed E-state index contributed by atoms with van der Waals surface area (Å²) in [6.07, 6.45) is 1.81. The van der Waals surface area contributed by atoms with Gasteiger partial charge in [-0.3, -0.25) is 15.5 Å². The molecule has 158 valence electrons. The SMILES string of the molecule is C#CCOc1cc(Br)c(/C=N\Nc2ccc(C(F)(F)F)cc2[N+](=O)[O-])cc1OCC. The van der Waals surface area contributed by atoms with Gasteiger partial charge in [-0.05, 0) is 47.1 Å². The Hall–Kier alpha value is -3.26. The molecular weight excluding hydrogens is 471 g/mol. The van der Waals surface area contributed by atoms with Gasteiger partial charge in [0.2, 0.25) is 0 Å². The Balaban J connectivity index is 2.29. The maximum absolute atomic E-state index is 12.8. The molecule has 0 saturated carbocycles. The first-order valence-corrected chi connectivity index (χ1v) is 9.14. The smallest absolute Gasteiger partial charge is 0.416 e. The number of rotatable bonds is 8. The first kappa shape index (κ1) is 23.0. The van der Waals surface area contributed by atoms with E-state index in [4.69, 9.17) is 15.9 Å². The zero-order valence-electron chi connectivity index (χ0n) is 15.5. The van der Waals surface area contributed by atoms with Crippen LogP contribution in [0.15, 0.2) is 39.9 Å². The number of nitrogens with one attached hydrogen (secondary N) is 1. The molecular formula is C19H15BrF3N3O4. The van der Waals surface area contributed by atoms with E-state index in [0.717, 1.165) is 12.1 Å². The van der Waals surface area contributed by atoms with E-state index in [1.165, 1.54) is 6.21 Å². The third-order valence-corrected chi connectivity index (χ3v) is 4.27. The molecule has 0 aliphatic heterocycles. The third-order valence-electron chi connectivity index (χ3n) is 3.58. The van der Waals surface area contributed by atoms with Gasteiger partial charge >= 0.3 is 6.18 Å². The molecule has 0 saturated heterocycles. The topological polar surface area (TPSA) is 86.0 Å². The molecule has 2 rings (SSSR count). The zero-order chi connectivity index (χ0) is 22.3. The highest BCUT2D eigenvalue weighted by Gasteiger charge is 2.33. The number of nitro groups is 1. The first-order valence-electron chi connectivity index (χ1n) is 8.34. The lowest BCUT2D eigenvalue weighted by atomic mass is 10.1. The highest BCUT2D eigenvalue weighted by molar-refractivity contribution is 9.10. The van der Waals surface area contributed by atoms with Crippen molar-refractivity contribution in [1.82, 2.24) is 0 Å². The van der Waals surface area contributed by atoms with Crippen LogP contribution in [0.25, 0.3) is 0 Å². The number of hydrogen-bond donors (Lipinski definition) is 1. The molecule has 0 amide bonds. The van der Waals surface area contributed by atoms with Gasteiger partial charge in [0.25, 0.3) is 5.69 Å². The average molecular weight is 486 g/mol. The second kappa shape index (κ2) is 9.98. The van der Waals surface area contributed by atoms with Crippen LogP contribution in [-0.2, 0) is 6.18 Å². The van der Waals surface area contributed by atoms with Crippen molar-refractivity contribution in [3.05, 3.63) is 56.0 Å². The molecule has 0 aliphatic rings. The number of alkyl halides is 3. The molecule has 0 spiro atoms. The van der Waals surface area contributed by atoms with Crippen LogP contribution in [0.2, 0.25) is 0 Å². The van der Waals surface area contributed by atoms with E-state index in [2.05, 4.69) is 32.4 Å².